The van der Waals surface area contributed by atoms with E-state index in [1.165, 1.54) is 6.92 Å². The lowest BCUT2D eigenvalue weighted by Crippen LogP contribution is -2.70. The maximum absolute atomic E-state index is 12.9. The molecule has 8 aliphatic rings. The lowest BCUT2D eigenvalue weighted by molar-refractivity contribution is -0.383. The first-order chi connectivity index (χ1) is 36.8. The predicted octanol–water partition coefficient (Wildman–Crippen LogP) is -2.74. The smallest absolute Gasteiger partial charge is 0.187 e. The molecule has 4 saturated carbocycles. The van der Waals surface area contributed by atoms with E-state index in [9.17, 15) is 81.9 Å². The van der Waals surface area contributed by atoms with Gasteiger partial charge < -0.3 is 114 Å². The lowest BCUT2D eigenvalue weighted by atomic mass is 9.35. The minimum Gasteiger partial charge on any atom is -0.394 e. The molecule has 0 radical (unpaired) electrons. The van der Waals surface area contributed by atoms with Gasteiger partial charge in [0.25, 0.3) is 0 Å². The van der Waals surface area contributed by atoms with Gasteiger partial charge in [-0.05, 0) is 118 Å². The van der Waals surface area contributed by atoms with E-state index in [0.717, 1.165) is 0 Å². The van der Waals surface area contributed by atoms with Crippen LogP contribution in [0.2, 0.25) is 0 Å². The van der Waals surface area contributed by atoms with Crippen LogP contribution in [0.3, 0.4) is 0 Å². The summed E-state index contributed by atoms with van der Waals surface area (Å²) in [7, 11) is 0. The topological polar surface area (TPSA) is 407 Å². The molecule has 4 aliphatic heterocycles. The molecule has 0 amide bonds. The molecule has 8 fully saturated rings. The number of ether oxygens (including phenoxy) is 8. The van der Waals surface area contributed by atoms with E-state index in [1.807, 2.05) is 20.8 Å². The number of aliphatic hydroxyl groups is 15. The molecule has 0 aromatic heterocycles. The molecule has 31 atom stereocenters. The van der Waals surface area contributed by atoms with Crippen LogP contribution < -0.4 is 0 Å². The summed E-state index contributed by atoms with van der Waals surface area (Å²) in [5, 5.41) is 174. The highest BCUT2D eigenvalue weighted by atomic mass is 17.1. The quantitative estimate of drug-likeness (QED) is 0.0323. The lowest BCUT2D eigenvalue weighted by Gasteiger charge is -2.71. The first-order valence-corrected chi connectivity index (χ1v) is 28.1. The molecule has 4 heterocycles. The summed E-state index contributed by atoms with van der Waals surface area (Å²) in [5.41, 5.74) is -4.96. The highest BCUT2D eigenvalue weighted by Crippen LogP contribution is 2.76. The molecule has 4 saturated heterocycles. The van der Waals surface area contributed by atoms with Crippen molar-refractivity contribution in [3.05, 3.63) is 12.2 Å². The second kappa shape index (κ2) is 23.5. The van der Waals surface area contributed by atoms with Gasteiger partial charge in [-0.15, -0.1) is 0 Å². The number of aliphatic hydroxyl groups excluding tert-OH is 15. The van der Waals surface area contributed by atoms with Crippen LogP contribution in [-0.2, 0) is 42.8 Å². The van der Waals surface area contributed by atoms with Crippen molar-refractivity contribution in [3.8, 4) is 0 Å². The zero-order valence-electron chi connectivity index (χ0n) is 46.6. The Morgan fingerprint density at radius 3 is 1.73 bits per heavy atom. The van der Waals surface area contributed by atoms with E-state index in [0.29, 0.717) is 32.1 Å². The van der Waals surface area contributed by atoms with Gasteiger partial charge in [0, 0.05) is 0 Å². The molecule has 8 rings (SSSR count). The van der Waals surface area contributed by atoms with Gasteiger partial charge in [0.1, 0.15) is 97.2 Å². The summed E-state index contributed by atoms with van der Waals surface area (Å²) in [6, 6.07) is 0. The molecule has 25 heteroatoms. The van der Waals surface area contributed by atoms with Gasteiger partial charge in [0.2, 0.25) is 0 Å². The minimum absolute atomic E-state index is 0.131. The van der Waals surface area contributed by atoms with Crippen molar-refractivity contribution in [2.24, 2.45) is 45.3 Å². The number of hydrogen-bond acceptors (Lipinski definition) is 25. The standard InChI is InChI=1S/C54H92O25/c1-22-32(59)36(63)40(67)45(72-22)71-21-28-35(62)38(65)42(69)47(75-28)78-54(9,14-10-13-49(2,3)79-70)23-11-15-53(8)31(23)24(57)17-30-51(6)18-25(58)44(50(4,5)29(51)12-16-52(30,53)7)77-48-43(39(66)34(61)27(20-56)74-48)76-46-41(68)37(64)33(60)26(19-55)73-46/h10,13,22-48,55-70H,11-12,14-21H2,1-9H3/b13-10+/t22-,23-,24+,25+,26+,27+,28+,29-,30+,31-,32-,33+,34+,35+,36+,37-,38-,39-,40+,41+,42+,43+,44-,45+,46-,47-,48-,51-,52+,53+,54-/m0/s1. The van der Waals surface area contributed by atoms with Crippen LogP contribution in [0.4, 0.5) is 0 Å². The second-order valence-corrected chi connectivity index (χ2v) is 26.4. The summed E-state index contributed by atoms with van der Waals surface area (Å²) in [6.45, 7) is 15.1. The molecule has 0 bridgehead atoms. The molecule has 458 valence electrons. The van der Waals surface area contributed by atoms with Crippen LogP contribution in [0.25, 0.3) is 0 Å². The fourth-order valence-corrected chi connectivity index (χ4v) is 16.3. The predicted molar refractivity (Wildman–Crippen MR) is 269 cm³/mol. The third-order valence-corrected chi connectivity index (χ3v) is 20.9. The van der Waals surface area contributed by atoms with Gasteiger partial charge in [-0.1, -0.05) is 46.8 Å². The van der Waals surface area contributed by atoms with Crippen LogP contribution in [0.1, 0.15) is 107 Å². The molecule has 16 N–H and O–H groups in total. The number of rotatable bonds is 16. The molecule has 0 aromatic carbocycles. The van der Waals surface area contributed by atoms with E-state index >= 15 is 0 Å². The highest BCUT2D eigenvalue weighted by Gasteiger charge is 2.73. The van der Waals surface area contributed by atoms with E-state index in [4.69, 9.17) is 42.8 Å². The zero-order valence-corrected chi connectivity index (χ0v) is 46.6. The fourth-order valence-electron chi connectivity index (χ4n) is 16.3. The Labute approximate surface area is 460 Å². The normalized spacial score (nSPS) is 53.0. The monoisotopic (exact) mass is 1140 g/mol. The van der Waals surface area contributed by atoms with Gasteiger partial charge in [0.15, 0.2) is 25.2 Å². The Balaban J connectivity index is 1.04. The Kier molecular flexibility index (Phi) is 19.0. The van der Waals surface area contributed by atoms with Crippen LogP contribution in [0.15, 0.2) is 12.2 Å². The summed E-state index contributed by atoms with van der Waals surface area (Å²) in [6.07, 6.45) is -28.6. The van der Waals surface area contributed by atoms with Gasteiger partial charge in [-0.3, -0.25) is 5.26 Å². The molecule has 25 nitrogen and oxygen atoms in total. The van der Waals surface area contributed by atoms with Crippen molar-refractivity contribution in [2.75, 3.05) is 19.8 Å². The van der Waals surface area contributed by atoms with Crippen LogP contribution in [0, 0.1) is 45.3 Å². The SMILES string of the molecule is C[C@@H]1O[C@@H](OC[C@H]2O[C@@H](O[C@@](C)(C/C=C/C(C)(C)OO)[C@H]3CC[C@]4(C)[C@@H]3[C@H](O)C[C@@H]3[C@@]5(C)C[C@@H](O)[C@H](O[C@@H]6O[C@H](CO)[C@@H](O)[C@H](O)[C@H]6O[C@@H]6O[C@H](CO)[C@@H](O)[C@H](O)[C@H]6O)C(C)(C)[C@@H]5CC[C@]34C)[C@H](O)[C@@H](O)[C@@H]2O)[C@H](O)[C@H](O)[C@H]1O. The van der Waals surface area contributed by atoms with E-state index in [2.05, 4.69) is 20.8 Å². The van der Waals surface area contributed by atoms with Crippen molar-refractivity contribution < 1.29 is 125 Å². The molecule has 0 aromatic rings. The third-order valence-electron chi connectivity index (χ3n) is 20.9. The van der Waals surface area contributed by atoms with E-state index in [-0.39, 0.29) is 24.7 Å². The number of hydrogen-bond donors (Lipinski definition) is 16. The van der Waals surface area contributed by atoms with E-state index < -0.39 is 206 Å². The minimum atomic E-state index is -1.88. The largest absolute Gasteiger partial charge is 0.394 e. The van der Waals surface area contributed by atoms with Crippen LogP contribution in [0.5, 0.6) is 0 Å². The molecule has 0 spiro atoms. The summed E-state index contributed by atoms with van der Waals surface area (Å²) >= 11 is 0. The Bertz CT molecular complexity index is 2070. The summed E-state index contributed by atoms with van der Waals surface area (Å²) in [5.74, 6) is -1.21. The first kappa shape index (κ1) is 63.8. The molecule has 0 unspecified atom stereocenters. The molecular weight excluding hydrogens is 1050 g/mol. The van der Waals surface area contributed by atoms with Crippen molar-refractivity contribution in [2.45, 2.75) is 260 Å². The van der Waals surface area contributed by atoms with Gasteiger partial charge in [0.05, 0.1) is 49.8 Å². The zero-order chi connectivity index (χ0) is 58.4. The van der Waals surface area contributed by atoms with Crippen molar-refractivity contribution in [3.63, 3.8) is 0 Å². The number of fused-ring (bicyclic) bond motifs is 5. The average molecular weight is 1140 g/mol. The highest BCUT2D eigenvalue weighted by molar-refractivity contribution is 5.22. The van der Waals surface area contributed by atoms with Crippen molar-refractivity contribution >= 4 is 0 Å². The molecule has 79 heavy (non-hydrogen) atoms. The Hall–Kier alpha value is -1.26. The first-order valence-electron chi connectivity index (χ1n) is 28.1. The van der Waals surface area contributed by atoms with Crippen molar-refractivity contribution in [1.82, 2.24) is 0 Å². The van der Waals surface area contributed by atoms with Crippen LogP contribution >= 0.6 is 0 Å². The van der Waals surface area contributed by atoms with Gasteiger partial charge >= 0.3 is 0 Å². The van der Waals surface area contributed by atoms with Gasteiger partial charge in [-0.2, -0.15) is 0 Å². The van der Waals surface area contributed by atoms with Gasteiger partial charge in [-0.25, -0.2) is 4.89 Å². The third kappa shape index (κ3) is 11.2. The fraction of sp³-hybridized carbons (Fsp3) is 0.963. The maximum atomic E-state index is 12.9. The molecule has 4 aliphatic carbocycles. The Morgan fingerprint density at radius 1 is 0.570 bits per heavy atom. The second-order valence-electron chi connectivity index (χ2n) is 26.4. The van der Waals surface area contributed by atoms with Crippen LogP contribution in [-0.4, -0.2) is 254 Å². The average Bonchev–Trinajstić information content (AvgIpc) is 2.78. The molecular formula is C54H92O25. The summed E-state index contributed by atoms with van der Waals surface area (Å²) in [4.78, 5) is 4.70. The maximum Gasteiger partial charge on any atom is 0.187 e. The van der Waals surface area contributed by atoms with Crippen molar-refractivity contribution in [1.29, 1.82) is 0 Å². The Morgan fingerprint density at radius 2 is 1.11 bits per heavy atom. The summed E-state index contributed by atoms with van der Waals surface area (Å²) < 4.78 is 48.6. The van der Waals surface area contributed by atoms with E-state index in [1.54, 1.807) is 26.0 Å².